The molecule has 3 unspecified atom stereocenters. The van der Waals surface area contributed by atoms with E-state index in [0.717, 1.165) is 83.5 Å². The molecular weight excluding hydrogens is 647 g/mol. The third-order valence-corrected chi connectivity index (χ3v) is 8.59. The Labute approximate surface area is 306 Å². The highest BCUT2D eigenvalue weighted by Gasteiger charge is 2.27. The van der Waals surface area contributed by atoms with Gasteiger partial charge >= 0.3 is 7.82 Å². The van der Waals surface area contributed by atoms with Crippen molar-refractivity contribution in [2.24, 2.45) is 0 Å². The van der Waals surface area contributed by atoms with Crippen molar-refractivity contribution in [2.75, 3.05) is 40.9 Å². The Bertz CT molecular complexity index is 1090. The van der Waals surface area contributed by atoms with Crippen LogP contribution in [0.5, 0.6) is 0 Å². The number of nitrogens with zero attached hydrogens (tertiary/aromatic N) is 1. The second-order valence-electron chi connectivity index (χ2n) is 13.6. The molecule has 1 amide bonds. The van der Waals surface area contributed by atoms with Crippen LogP contribution in [-0.4, -0.2) is 73.4 Å². The molecule has 9 heteroatoms. The van der Waals surface area contributed by atoms with Gasteiger partial charge in [0.15, 0.2) is 0 Å². The first-order chi connectivity index (χ1) is 24.0. The lowest BCUT2D eigenvalue weighted by Crippen LogP contribution is -2.45. The maximum atomic E-state index is 12.6. The molecule has 0 rings (SSSR count). The minimum absolute atomic E-state index is 0.0514. The van der Waals surface area contributed by atoms with E-state index in [-0.39, 0.29) is 19.1 Å². The Morgan fingerprint density at radius 2 is 1.20 bits per heavy atom. The van der Waals surface area contributed by atoms with Gasteiger partial charge in [0.25, 0.3) is 0 Å². The van der Waals surface area contributed by atoms with Crippen molar-refractivity contribution in [1.82, 2.24) is 5.32 Å². The number of hydrogen-bond donors (Lipinski definition) is 3. The van der Waals surface area contributed by atoms with Crippen molar-refractivity contribution < 1.29 is 32.9 Å². The molecule has 3 atom stereocenters. The summed E-state index contributed by atoms with van der Waals surface area (Å²) < 4.78 is 23.1. The standard InChI is InChI=1S/C41H71N2O6P/c1-6-8-10-11-12-13-14-15-16-17-18-19-20-21-22-23-24-25-26-27-28-29-30-31-33-35-41(45)42-39(40(44)34-32-9-7-2)38-49-50(46,47)48-37-36-43(3,4)5/h8,10,12-13,15-16,18-19,21-22,24-25,32,34,39-40,44H,6-7,9,11,14,17,20,23,26-31,33,35-38H2,1-5H3,(H-,42,45,46,47)/p+1/b10-8-,13-12-,16-15-,19-18-,22-21-,25-24-,34-32+. The van der Waals surface area contributed by atoms with Gasteiger partial charge in [-0.1, -0.05) is 131 Å². The van der Waals surface area contributed by atoms with Gasteiger partial charge < -0.3 is 19.8 Å². The molecule has 0 saturated heterocycles. The van der Waals surface area contributed by atoms with Crippen molar-refractivity contribution in [3.05, 3.63) is 85.1 Å². The van der Waals surface area contributed by atoms with Gasteiger partial charge in [0.1, 0.15) is 13.2 Å². The highest BCUT2D eigenvalue weighted by atomic mass is 31.2. The second kappa shape index (κ2) is 32.6. The summed E-state index contributed by atoms with van der Waals surface area (Å²) in [6, 6.07) is -0.855. The molecule has 0 aliphatic rings. The molecule has 0 aliphatic heterocycles. The summed E-state index contributed by atoms with van der Waals surface area (Å²) >= 11 is 0. The number of rotatable bonds is 32. The van der Waals surface area contributed by atoms with E-state index in [0.29, 0.717) is 17.4 Å². The van der Waals surface area contributed by atoms with Crippen LogP contribution in [0.3, 0.4) is 0 Å². The minimum Gasteiger partial charge on any atom is -0.387 e. The molecule has 0 saturated carbocycles. The van der Waals surface area contributed by atoms with E-state index in [1.165, 1.54) is 12.8 Å². The van der Waals surface area contributed by atoms with E-state index < -0.39 is 20.0 Å². The number of aliphatic hydroxyl groups is 1. The average Bonchev–Trinajstić information content (AvgIpc) is 3.06. The Hall–Kier alpha value is -2.32. The van der Waals surface area contributed by atoms with Crippen molar-refractivity contribution in [3.63, 3.8) is 0 Å². The molecular formula is C41H72N2O6P+. The molecule has 0 aromatic rings. The van der Waals surface area contributed by atoms with Gasteiger partial charge in [0.05, 0.1) is 39.9 Å². The van der Waals surface area contributed by atoms with Gasteiger partial charge in [-0.3, -0.25) is 13.8 Å². The zero-order valence-electron chi connectivity index (χ0n) is 32.1. The van der Waals surface area contributed by atoms with E-state index in [4.69, 9.17) is 9.05 Å². The lowest BCUT2D eigenvalue weighted by Gasteiger charge is -2.25. The number of amides is 1. The topological polar surface area (TPSA) is 105 Å². The number of phosphoric acid groups is 1. The van der Waals surface area contributed by atoms with Crippen LogP contribution in [0.2, 0.25) is 0 Å². The van der Waals surface area contributed by atoms with Crippen LogP contribution in [0.15, 0.2) is 85.1 Å². The first kappa shape index (κ1) is 47.7. The SMILES string of the molecule is CC/C=C\C/C=C\C/C=C\C/C=C\C/C=C\C/C=C\CCCCCCCCC(=O)NC(COP(=O)(O)OCC[N+](C)(C)C)C(O)/C=C/CCC. The normalized spacial score (nSPS) is 15.6. The maximum Gasteiger partial charge on any atom is 0.472 e. The summed E-state index contributed by atoms with van der Waals surface area (Å²) in [5, 5.41) is 13.4. The lowest BCUT2D eigenvalue weighted by molar-refractivity contribution is -0.870. The lowest BCUT2D eigenvalue weighted by atomic mass is 10.1. The zero-order valence-corrected chi connectivity index (χ0v) is 33.0. The van der Waals surface area contributed by atoms with Gasteiger partial charge in [-0.2, -0.15) is 0 Å². The van der Waals surface area contributed by atoms with E-state index in [1.54, 1.807) is 6.08 Å². The van der Waals surface area contributed by atoms with Crippen molar-refractivity contribution in [3.8, 4) is 0 Å². The second-order valence-corrected chi connectivity index (χ2v) is 15.0. The predicted octanol–water partition coefficient (Wildman–Crippen LogP) is 9.85. The minimum atomic E-state index is -4.32. The number of carbonyl (C=O) groups is 1. The molecule has 0 aliphatic carbocycles. The van der Waals surface area contributed by atoms with Crippen LogP contribution >= 0.6 is 7.82 Å². The van der Waals surface area contributed by atoms with Gasteiger partial charge in [-0.25, -0.2) is 4.57 Å². The highest BCUT2D eigenvalue weighted by molar-refractivity contribution is 7.47. The highest BCUT2D eigenvalue weighted by Crippen LogP contribution is 2.43. The first-order valence-corrected chi connectivity index (χ1v) is 20.5. The first-order valence-electron chi connectivity index (χ1n) is 19.0. The van der Waals surface area contributed by atoms with Gasteiger partial charge in [-0.05, 0) is 64.2 Å². The number of quaternary nitrogens is 1. The predicted molar refractivity (Wildman–Crippen MR) is 212 cm³/mol. The summed E-state index contributed by atoms with van der Waals surface area (Å²) in [6.07, 6.45) is 44.5. The summed E-state index contributed by atoms with van der Waals surface area (Å²) in [7, 11) is 1.53. The van der Waals surface area contributed by atoms with E-state index in [2.05, 4.69) is 85.2 Å². The van der Waals surface area contributed by atoms with E-state index in [9.17, 15) is 19.4 Å². The number of allylic oxidation sites excluding steroid dienone is 13. The van der Waals surface area contributed by atoms with Crippen LogP contribution in [0.25, 0.3) is 0 Å². The number of unbranched alkanes of at least 4 members (excludes halogenated alkanes) is 7. The number of phosphoric ester groups is 1. The molecule has 50 heavy (non-hydrogen) atoms. The van der Waals surface area contributed by atoms with Crippen molar-refractivity contribution >= 4 is 13.7 Å². The fourth-order valence-corrected chi connectivity index (χ4v) is 5.31. The summed E-state index contributed by atoms with van der Waals surface area (Å²) in [6.45, 7) is 4.43. The molecule has 0 aromatic heterocycles. The largest absolute Gasteiger partial charge is 0.472 e. The quantitative estimate of drug-likeness (QED) is 0.0277. The molecule has 8 nitrogen and oxygen atoms in total. The number of hydrogen-bond acceptors (Lipinski definition) is 5. The zero-order chi connectivity index (χ0) is 37.2. The van der Waals surface area contributed by atoms with E-state index >= 15 is 0 Å². The van der Waals surface area contributed by atoms with Crippen LogP contribution in [0, 0.1) is 0 Å². The molecule has 0 spiro atoms. The monoisotopic (exact) mass is 720 g/mol. The Morgan fingerprint density at radius 1 is 0.700 bits per heavy atom. The average molecular weight is 720 g/mol. The van der Waals surface area contributed by atoms with Crippen LogP contribution in [0.4, 0.5) is 0 Å². The number of carbonyl (C=O) groups excluding carboxylic acids is 1. The third kappa shape index (κ3) is 34.1. The van der Waals surface area contributed by atoms with Crippen LogP contribution in [-0.2, 0) is 18.4 Å². The number of aliphatic hydroxyl groups excluding tert-OH is 1. The molecule has 3 N–H and O–H groups in total. The van der Waals surface area contributed by atoms with E-state index in [1.807, 2.05) is 34.1 Å². The molecule has 0 aromatic carbocycles. The van der Waals surface area contributed by atoms with Crippen LogP contribution < -0.4 is 5.32 Å². The smallest absolute Gasteiger partial charge is 0.387 e. The Morgan fingerprint density at radius 3 is 1.72 bits per heavy atom. The molecule has 0 heterocycles. The third-order valence-electron chi connectivity index (χ3n) is 7.60. The van der Waals surface area contributed by atoms with Crippen LogP contribution in [0.1, 0.15) is 117 Å². The van der Waals surface area contributed by atoms with Gasteiger partial charge in [-0.15, -0.1) is 0 Å². The fourth-order valence-electron chi connectivity index (χ4n) is 4.58. The Balaban J connectivity index is 4.10. The Kier molecular flexibility index (Phi) is 31.1. The number of likely N-dealkylation sites (N-methyl/N-ethyl adjacent to an activating group) is 1. The van der Waals surface area contributed by atoms with Gasteiger partial charge in [0.2, 0.25) is 5.91 Å². The molecule has 0 radical (unpaired) electrons. The summed E-state index contributed by atoms with van der Waals surface area (Å²) in [4.78, 5) is 22.7. The van der Waals surface area contributed by atoms with Crippen molar-refractivity contribution in [1.29, 1.82) is 0 Å². The number of nitrogens with one attached hydrogen (secondary N) is 1. The maximum absolute atomic E-state index is 12.6. The summed E-state index contributed by atoms with van der Waals surface area (Å²) in [5.74, 6) is -0.210. The fraction of sp³-hybridized carbons (Fsp3) is 0.634. The van der Waals surface area contributed by atoms with Gasteiger partial charge in [0, 0.05) is 6.42 Å². The molecule has 0 bridgehead atoms. The molecule has 286 valence electrons. The summed E-state index contributed by atoms with van der Waals surface area (Å²) in [5.41, 5.74) is 0. The van der Waals surface area contributed by atoms with Crippen molar-refractivity contribution in [2.45, 2.75) is 129 Å². The molecule has 0 fully saturated rings.